The Morgan fingerprint density at radius 1 is 1.37 bits per heavy atom. The van der Waals surface area contributed by atoms with Crippen molar-refractivity contribution in [2.24, 2.45) is 0 Å². The van der Waals surface area contributed by atoms with Crippen LogP contribution in [0.4, 0.5) is 5.82 Å². The van der Waals surface area contributed by atoms with Crippen molar-refractivity contribution in [3.05, 3.63) is 51.1 Å². The van der Waals surface area contributed by atoms with Crippen molar-refractivity contribution >= 4 is 33.3 Å². The minimum absolute atomic E-state index is 0.242. The quantitative estimate of drug-likeness (QED) is 0.898. The molecular weight excluding hydrogens is 332 g/mol. The molecule has 4 nitrogen and oxygen atoms in total. The summed E-state index contributed by atoms with van der Waals surface area (Å²) in [7, 11) is 1.56. The van der Waals surface area contributed by atoms with Crippen LogP contribution in [-0.2, 0) is 0 Å². The van der Waals surface area contributed by atoms with Crippen LogP contribution in [0.15, 0.2) is 34.9 Å². The van der Waals surface area contributed by atoms with Crippen LogP contribution in [0.3, 0.4) is 0 Å². The van der Waals surface area contributed by atoms with E-state index in [4.69, 9.17) is 22.1 Å². The number of nitrogen functional groups attached to an aromatic ring is 1. The second kappa shape index (κ2) is 5.77. The van der Waals surface area contributed by atoms with E-state index < -0.39 is 6.10 Å². The van der Waals surface area contributed by atoms with E-state index in [-0.39, 0.29) is 5.82 Å². The molecule has 1 aromatic heterocycles. The zero-order chi connectivity index (χ0) is 14.0. The van der Waals surface area contributed by atoms with E-state index in [9.17, 15) is 5.11 Å². The highest BCUT2D eigenvalue weighted by Crippen LogP contribution is 2.34. The average molecular weight is 344 g/mol. The van der Waals surface area contributed by atoms with Crippen molar-refractivity contribution in [1.82, 2.24) is 4.98 Å². The zero-order valence-corrected chi connectivity index (χ0v) is 12.4. The summed E-state index contributed by atoms with van der Waals surface area (Å²) in [5, 5.41) is 10.9. The topological polar surface area (TPSA) is 68.4 Å². The first-order valence-corrected chi connectivity index (χ1v) is 6.62. The van der Waals surface area contributed by atoms with Gasteiger partial charge in [-0.05, 0) is 24.3 Å². The van der Waals surface area contributed by atoms with Crippen LogP contribution in [0.2, 0.25) is 5.02 Å². The molecule has 0 saturated carbocycles. The molecule has 0 radical (unpaired) electrons. The number of aromatic nitrogens is 1. The van der Waals surface area contributed by atoms with Crippen LogP contribution in [0.5, 0.6) is 5.75 Å². The largest absolute Gasteiger partial charge is 0.497 e. The predicted octanol–water partition coefficient (Wildman–Crippen LogP) is 3.17. The Morgan fingerprint density at radius 2 is 2.11 bits per heavy atom. The van der Waals surface area contributed by atoms with Crippen molar-refractivity contribution in [2.45, 2.75) is 6.10 Å². The Kier molecular flexibility index (Phi) is 4.29. The number of hydrogen-bond acceptors (Lipinski definition) is 4. The summed E-state index contributed by atoms with van der Waals surface area (Å²) in [6.07, 6.45) is 0.504. The first kappa shape index (κ1) is 14.1. The van der Waals surface area contributed by atoms with E-state index >= 15 is 0 Å². The van der Waals surface area contributed by atoms with E-state index in [0.29, 0.717) is 21.9 Å². The van der Waals surface area contributed by atoms with E-state index in [2.05, 4.69) is 20.9 Å². The Balaban J connectivity index is 2.48. The fraction of sp³-hybridized carbons (Fsp3) is 0.154. The van der Waals surface area contributed by atoms with Gasteiger partial charge in [-0.1, -0.05) is 27.5 Å². The van der Waals surface area contributed by atoms with Gasteiger partial charge in [-0.15, -0.1) is 0 Å². The lowest BCUT2D eigenvalue weighted by Gasteiger charge is -2.16. The number of rotatable bonds is 3. The van der Waals surface area contributed by atoms with Crippen molar-refractivity contribution in [3.8, 4) is 5.75 Å². The maximum Gasteiger partial charge on any atom is 0.129 e. The summed E-state index contributed by atoms with van der Waals surface area (Å²) in [6.45, 7) is 0. The number of hydrogen-bond donors (Lipinski definition) is 2. The third kappa shape index (κ3) is 3.00. The maximum atomic E-state index is 10.4. The molecule has 0 aliphatic heterocycles. The number of ether oxygens (including phenoxy) is 1. The fourth-order valence-corrected chi connectivity index (χ4v) is 2.34. The Labute approximate surface area is 124 Å². The molecule has 1 aromatic carbocycles. The lowest BCUT2D eigenvalue weighted by molar-refractivity contribution is 0.219. The minimum atomic E-state index is -0.935. The van der Waals surface area contributed by atoms with Gasteiger partial charge in [0.1, 0.15) is 17.7 Å². The van der Waals surface area contributed by atoms with Gasteiger partial charge in [-0.2, -0.15) is 0 Å². The molecule has 0 aliphatic carbocycles. The number of methoxy groups -OCH3 is 1. The monoisotopic (exact) mass is 342 g/mol. The van der Waals surface area contributed by atoms with Crippen LogP contribution >= 0.6 is 27.5 Å². The van der Waals surface area contributed by atoms with Crippen molar-refractivity contribution in [3.63, 3.8) is 0 Å². The van der Waals surface area contributed by atoms with Crippen LogP contribution in [0.25, 0.3) is 0 Å². The highest BCUT2D eigenvalue weighted by Gasteiger charge is 2.18. The summed E-state index contributed by atoms with van der Waals surface area (Å²) < 4.78 is 5.90. The molecule has 0 saturated heterocycles. The average Bonchev–Trinajstić information content (AvgIpc) is 2.41. The number of halogens is 2. The Hall–Kier alpha value is -1.30. The predicted molar refractivity (Wildman–Crippen MR) is 78.4 cm³/mol. The molecule has 2 rings (SSSR count). The number of pyridine rings is 1. The number of aliphatic hydroxyl groups excluding tert-OH is 1. The van der Waals surface area contributed by atoms with Gasteiger partial charge in [0.2, 0.25) is 0 Å². The molecule has 2 aromatic rings. The van der Waals surface area contributed by atoms with Gasteiger partial charge in [0.05, 0.1) is 12.1 Å². The standard InChI is InChI=1S/C13H12BrClN2O2/c1-19-8-2-3-11(14)9(5-8)12(18)10-4-7(15)6-17-13(10)16/h2-6,12,18H,1H3,(H2,16,17). The third-order valence-corrected chi connectivity index (χ3v) is 3.64. The SMILES string of the molecule is COc1ccc(Br)c(C(O)c2cc(Cl)cnc2N)c1. The van der Waals surface area contributed by atoms with Gasteiger partial charge in [-0.25, -0.2) is 4.98 Å². The van der Waals surface area contributed by atoms with E-state index in [0.717, 1.165) is 4.47 Å². The summed E-state index contributed by atoms with van der Waals surface area (Å²) in [6, 6.07) is 6.92. The van der Waals surface area contributed by atoms with Gasteiger partial charge < -0.3 is 15.6 Å². The number of benzene rings is 1. The van der Waals surface area contributed by atoms with E-state index in [1.54, 1.807) is 31.4 Å². The van der Waals surface area contributed by atoms with Gasteiger partial charge in [0, 0.05) is 21.8 Å². The number of anilines is 1. The molecule has 3 N–H and O–H groups in total. The zero-order valence-electron chi connectivity index (χ0n) is 10.1. The van der Waals surface area contributed by atoms with Gasteiger partial charge in [-0.3, -0.25) is 0 Å². The number of aliphatic hydroxyl groups is 1. The summed E-state index contributed by atoms with van der Waals surface area (Å²) in [5.41, 5.74) is 6.87. The van der Waals surface area contributed by atoms with Gasteiger partial charge in [0.15, 0.2) is 0 Å². The van der Waals surface area contributed by atoms with E-state index in [1.807, 2.05) is 0 Å². The second-order valence-corrected chi connectivity index (χ2v) is 5.21. The smallest absolute Gasteiger partial charge is 0.129 e. The molecule has 1 atom stereocenters. The normalized spacial score (nSPS) is 12.2. The van der Waals surface area contributed by atoms with Crippen molar-refractivity contribution in [2.75, 3.05) is 12.8 Å². The first-order valence-electron chi connectivity index (χ1n) is 5.45. The van der Waals surface area contributed by atoms with Crippen LogP contribution in [0, 0.1) is 0 Å². The number of nitrogens with two attached hydrogens (primary N) is 1. The molecular formula is C13H12BrClN2O2. The summed E-state index contributed by atoms with van der Waals surface area (Å²) in [5.74, 6) is 0.887. The first-order chi connectivity index (χ1) is 9.02. The van der Waals surface area contributed by atoms with Crippen LogP contribution < -0.4 is 10.5 Å². The van der Waals surface area contributed by atoms with Crippen LogP contribution in [0.1, 0.15) is 17.2 Å². The van der Waals surface area contributed by atoms with Crippen molar-refractivity contribution < 1.29 is 9.84 Å². The minimum Gasteiger partial charge on any atom is -0.497 e. The van der Waals surface area contributed by atoms with Gasteiger partial charge in [0.25, 0.3) is 0 Å². The lowest BCUT2D eigenvalue weighted by Crippen LogP contribution is -2.06. The fourth-order valence-electron chi connectivity index (χ4n) is 1.71. The summed E-state index contributed by atoms with van der Waals surface area (Å²) >= 11 is 9.27. The summed E-state index contributed by atoms with van der Waals surface area (Å²) in [4.78, 5) is 3.94. The Bertz CT molecular complexity index is 607. The molecule has 0 fully saturated rings. The van der Waals surface area contributed by atoms with Crippen molar-refractivity contribution in [1.29, 1.82) is 0 Å². The number of nitrogens with zero attached hydrogens (tertiary/aromatic N) is 1. The molecule has 6 heteroatoms. The highest BCUT2D eigenvalue weighted by atomic mass is 79.9. The molecule has 0 spiro atoms. The molecule has 1 heterocycles. The maximum absolute atomic E-state index is 10.4. The highest BCUT2D eigenvalue weighted by molar-refractivity contribution is 9.10. The Morgan fingerprint density at radius 3 is 2.79 bits per heavy atom. The van der Waals surface area contributed by atoms with E-state index in [1.165, 1.54) is 6.20 Å². The second-order valence-electron chi connectivity index (χ2n) is 3.92. The van der Waals surface area contributed by atoms with Crippen LogP contribution in [-0.4, -0.2) is 17.2 Å². The molecule has 0 aliphatic rings. The lowest BCUT2D eigenvalue weighted by atomic mass is 10.0. The molecule has 19 heavy (non-hydrogen) atoms. The molecule has 1 unspecified atom stereocenters. The molecule has 100 valence electrons. The molecule has 0 bridgehead atoms. The third-order valence-electron chi connectivity index (χ3n) is 2.71. The van der Waals surface area contributed by atoms with Gasteiger partial charge >= 0.3 is 0 Å². The molecule has 0 amide bonds.